The highest BCUT2D eigenvalue weighted by molar-refractivity contribution is 5.96. The van der Waals surface area contributed by atoms with E-state index in [0.29, 0.717) is 30.2 Å². The smallest absolute Gasteiger partial charge is 0.325 e. The summed E-state index contributed by atoms with van der Waals surface area (Å²) in [6, 6.07) is 4.64. The predicted octanol–water partition coefficient (Wildman–Crippen LogP) is 0.613. The lowest BCUT2D eigenvalue weighted by Gasteiger charge is -2.35. The number of nitrogens with one attached hydrogen (secondary N) is 1. The first-order valence-electron chi connectivity index (χ1n) is 8.93. The normalized spacial score (nSPS) is 18.9. The van der Waals surface area contributed by atoms with Gasteiger partial charge in [0.2, 0.25) is 0 Å². The number of amides is 2. The molecule has 2 atom stereocenters. The van der Waals surface area contributed by atoms with Crippen LogP contribution >= 0.6 is 0 Å². The van der Waals surface area contributed by atoms with Crippen LogP contribution in [-0.4, -0.2) is 75.4 Å². The number of nitrogens with zero attached hydrogens (tertiary/aromatic N) is 1. The van der Waals surface area contributed by atoms with E-state index in [-0.39, 0.29) is 31.3 Å². The third kappa shape index (κ3) is 5.85. The van der Waals surface area contributed by atoms with Crippen molar-refractivity contribution < 1.29 is 33.3 Å². The Hall–Kier alpha value is -2.81. The number of ether oxygens (including phenoxy) is 4. The molecule has 1 aromatic rings. The summed E-state index contributed by atoms with van der Waals surface area (Å²) >= 11 is 0. The third-order valence-electron chi connectivity index (χ3n) is 4.17. The molecule has 1 aliphatic heterocycles. The zero-order valence-electron chi connectivity index (χ0n) is 16.5. The van der Waals surface area contributed by atoms with Crippen LogP contribution < -0.4 is 14.8 Å². The maximum absolute atomic E-state index is 12.2. The number of carbonyl (C=O) groups is 3. The van der Waals surface area contributed by atoms with Gasteiger partial charge in [0, 0.05) is 18.7 Å². The number of methoxy groups -OCH3 is 2. The molecule has 28 heavy (non-hydrogen) atoms. The Balaban J connectivity index is 1.79. The van der Waals surface area contributed by atoms with Crippen LogP contribution in [0.25, 0.3) is 0 Å². The van der Waals surface area contributed by atoms with E-state index < -0.39 is 11.9 Å². The molecular formula is C19H26N2O7. The molecule has 1 aliphatic rings. The first kappa shape index (κ1) is 21.5. The van der Waals surface area contributed by atoms with Crippen molar-refractivity contribution in [1.82, 2.24) is 10.2 Å². The van der Waals surface area contributed by atoms with Crippen LogP contribution in [0.3, 0.4) is 0 Å². The van der Waals surface area contributed by atoms with Crippen LogP contribution in [0.15, 0.2) is 18.2 Å². The molecule has 0 radical (unpaired) electrons. The minimum absolute atomic E-state index is 0.0656. The maximum atomic E-state index is 12.2. The van der Waals surface area contributed by atoms with Gasteiger partial charge >= 0.3 is 5.97 Å². The Bertz CT molecular complexity index is 712. The number of morpholine rings is 1. The average molecular weight is 394 g/mol. The summed E-state index contributed by atoms with van der Waals surface area (Å²) in [5.74, 6) is -0.570. The largest absolute Gasteiger partial charge is 0.493 e. The molecule has 1 saturated heterocycles. The number of hydrogen-bond acceptors (Lipinski definition) is 7. The second kappa shape index (κ2) is 9.93. The fraction of sp³-hybridized carbons (Fsp3) is 0.526. The van der Waals surface area contributed by atoms with E-state index in [1.54, 1.807) is 17.0 Å². The summed E-state index contributed by atoms with van der Waals surface area (Å²) in [5.41, 5.74) is 0.304. The maximum Gasteiger partial charge on any atom is 0.325 e. The number of benzene rings is 1. The van der Waals surface area contributed by atoms with Crippen LogP contribution in [0.4, 0.5) is 0 Å². The number of carbonyl (C=O) groups excluding carboxylic acids is 3. The molecule has 1 aromatic carbocycles. The van der Waals surface area contributed by atoms with Crippen LogP contribution in [0.5, 0.6) is 11.5 Å². The van der Waals surface area contributed by atoms with E-state index in [9.17, 15) is 14.4 Å². The van der Waals surface area contributed by atoms with Gasteiger partial charge in [-0.3, -0.25) is 14.4 Å². The monoisotopic (exact) mass is 394 g/mol. The van der Waals surface area contributed by atoms with E-state index >= 15 is 0 Å². The van der Waals surface area contributed by atoms with E-state index in [4.69, 9.17) is 18.9 Å². The molecule has 2 rings (SSSR count). The Morgan fingerprint density at radius 2 is 1.75 bits per heavy atom. The topological polar surface area (TPSA) is 103 Å². The van der Waals surface area contributed by atoms with E-state index in [0.717, 1.165) is 0 Å². The molecule has 0 aromatic heterocycles. The van der Waals surface area contributed by atoms with Crippen molar-refractivity contribution in [3.05, 3.63) is 23.8 Å². The molecule has 9 heteroatoms. The Kier molecular flexibility index (Phi) is 7.62. The minimum Gasteiger partial charge on any atom is -0.493 e. The number of esters is 1. The zero-order valence-corrected chi connectivity index (χ0v) is 16.5. The second-order valence-electron chi connectivity index (χ2n) is 6.47. The lowest BCUT2D eigenvalue weighted by Crippen LogP contribution is -2.49. The molecule has 0 saturated carbocycles. The highest BCUT2D eigenvalue weighted by Crippen LogP contribution is 2.27. The van der Waals surface area contributed by atoms with Crippen molar-refractivity contribution in [1.29, 1.82) is 0 Å². The lowest BCUT2D eigenvalue weighted by molar-refractivity contribution is -0.156. The third-order valence-corrected chi connectivity index (χ3v) is 4.17. The summed E-state index contributed by atoms with van der Waals surface area (Å²) < 4.78 is 20.8. The summed E-state index contributed by atoms with van der Waals surface area (Å²) in [5, 5.41) is 2.45. The van der Waals surface area contributed by atoms with E-state index in [2.05, 4.69) is 5.32 Å². The fourth-order valence-electron chi connectivity index (χ4n) is 2.90. The minimum atomic E-state index is -0.698. The van der Waals surface area contributed by atoms with Gasteiger partial charge in [-0.25, -0.2) is 0 Å². The molecular weight excluding hydrogens is 368 g/mol. The van der Waals surface area contributed by atoms with Gasteiger partial charge in [-0.05, 0) is 32.0 Å². The molecule has 1 N–H and O–H groups in total. The van der Waals surface area contributed by atoms with Gasteiger partial charge in [-0.1, -0.05) is 0 Å². The van der Waals surface area contributed by atoms with Crippen molar-refractivity contribution in [2.24, 2.45) is 0 Å². The van der Waals surface area contributed by atoms with Gasteiger partial charge in [-0.2, -0.15) is 0 Å². The number of rotatable bonds is 7. The van der Waals surface area contributed by atoms with E-state index in [1.165, 1.54) is 20.3 Å². The van der Waals surface area contributed by atoms with Crippen LogP contribution in [-0.2, 0) is 19.1 Å². The summed E-state index contributed by atoms with van der Waals surface area (Å²) in [6.45, 7) is 3.95. The van der Waals surface area contributed by atoms with Crippen LogP contribution in [0.2, 0.25) is 0 Å². The highest BCUT2D eigenvalue weighted by Gasteiger charge is 2.26. The fourth-order valence-corrected chi connectivity index (χ4v) is 2.90. The van der Waals surface area contributed by atoms with Crippen molar-refractivity contribution in [2.45, 2.75) is 26.1 Å². The van der Waals surface area contributed by atoms with Crippen LogP contribution in [0.1, 0.15) is 24.2 Å². The molecule has 0 unspecified atom stereocenters. The van der Waals surface area contributed by atoms with Gasteiger partial charge in [0.05, 0.1) is 26.4 Å². The number of hydrogen-bond donors (Lipinski definition) is 1. The lowest BCUT2D eigenvalue weighted by atomic mass is 10.2. The first-order valence-corrected chi connectivity index (χ1v) is 8.93. The Labute approximate surface area is 163 Å². The molecule has 1 fully saturated rings. The molecule has 9 nitrogen and oxygen atoms in total. The highest BCUT2D eigenvalue weighted by atomic mass is 16.5. The standard InChI is InChI=1S/C19H26N2O7/c1-12-9-21(10-13(2)28-12)17(22)11-27-18(23)8-20-19(24)14-5-6-15(25-3)16(7-14)26-4/h5-7,12-13H,8-11H2,1-4H3,(H,20,24)/t12-,13-/m0/s1. The van der Waals surface area contributed by atoms with Crippen molar-refractivity contribution in [3.8, 4) is 11.5 Å². The van der Waals surface area contributed by atoms with E-state index in [1.807, 2.05) is 13.8 Å². The zero-order chi connectivity index (χ0) is 20.7. The Morgan fingerprint density at radius 3 is 2.36 bits per heavy atom. The van der Waals surface area contributed by atoms with Gasteiger partial charge in [0.25, 0.3) is 11.8 Å². The second-order valence-corrected chi connectivity index (χ2v) is 6.47. The van der Waals surface area contributed by atoms with Crippen LogP contribution in [0, 0.1) is 0 Å². The summed E-state index contributed by atoms with van der Waals surface area (Å²) in [6.07, 6.45) is -0.131. The summed E-state index contributed by atoms with van der Waals surface area (Å²) in [4.78, 5) is 37.8. The summed E-state index contributed by atoms with van der Waals surface area (Å²) in [7, 11) is 2.96. The van der Waals surface area contributed by atoms with Crippen molar-refractivity contribution in [3.63, 3.8) is 0 Å². The average Bonchev–Trinajstić information content (AvgIpc) is 2.68. The van der Waals surface area contributed by atoms with Gasteiger partial charge in [-0.15, -0.1) is 0 Å². The first-order chi connectivity index (χ1) is 13.3. The predicted molar refractivity (Wildman–Crippen MR) is 99.4 cm³/mol. The van der Waals surface area contributed by atoms with Crippen molar-refractivity contribution >= 4 is 17.8 Å². The molecule has 0 spiro atoms. The molecule has 0 aliphatic carbocycles. The molecule has 1 heterocycles. The van der Waals surface area contributed by atoms with Gasteiger partial charge < -0.3 is 29.2 Å². The van der Waals surface area contributed by atoms with Gasteiger partial charge in [0.1, 0.15) is 6.54 Å². The SMILES string of the molecule is COc1ccc(C(=O)NCC(=O)OCC(=O)N2C[C@H](C)O[C@@H](C)C2)cc1OC. The van der Waals surface area contributed by atoms with Gasteiger partial charge in [0.15, 0.2) is 18.1 Å². The molecule has 0 bridgehead atoms. The molecule has 154 valence electrons. The molecule has 2 amide bonds. The quantitative estimate of drug-likeness (QED) is 0.676. The van der Waals surface area contributed by atoms with Crippen molar-refractivity contribution in [2.75, 3.05) is 40.5 Å². The Morgan fingerprint density at radius 1 is 1.11 bits per heavy atom.